The third-order valence-corrected chi connectivity index (χ3v) is 4.15. The van der Waals surface area contributed by atoms with Gasteiger partial charge in [0.05, 0.1) is 0 Å². The van der Waals surface area contributed by atoms with Crippen LogP contribution < -0.4 is 11.1 Å². The molecule has 1 heterocycles. The van der Waals surface area contributed by atoms with E-state index >= 15 is 0 Å². The van der Waals surface area contributed by atoms with Gasteiger partial charge in [-0.3, -0.25) is 4.98 Å². The molecule has 0 atom stereocenters. The molecular formula is C15H25N5O. The molecule has 0 spiro atoms. The van der Waals surface area contributed by atoms with Gasteiger partial charge in [-0.15, -0.1) is 0 Å². The van der Waals surface area contributed by atoms with Gasteiger partial charge in [-0.05, 0) is 31.5 Å². The quantitative estimate of drug-likeness (QED) is 0.230. The molecule has 1 aliphatic rings. The molecule has 0 radical (unpaired) electrons. The molecule has 116 valence electrons. The van der Waals surface area contributed by atoms with E-state index in [1.54, 1.807) is 6.20 Å². The summed E-state index contributed by atoms with van der Waals surface area (Å²) in [4.78, 5) is 6.60. The van der Waals surface area contributed by atoms with Crippen LogP contribution in [-0.2, 0) is 6.54 Å². The molecule has 0 bridgehead atoms. The summed E-state index contributed by atoms with van der Waals surface area (Å²) in [7, 11) is 2.20. The lowest BCUT2D eigenvalue weighted by Gasteiger charge is -2.24. The monoisotopic (exact) mass is 291 g/mol. The van der Waals surface area contributed by atoms with E-state index in [0.29, 0.717) is 12.2 Å². The highest BCUT2D eigenvalue weighted by atomic mass is 16.4. The van der Waals surface area contributed by atoms with Crippen LogP contribution in [0.25, 0.3) is 0 Å². The van der Waals surface area contributed by atoms with E-state index in [2.05, 4.69) is 27.4 Å². The number of rotatable bonds is 7. The first-order valence-electron chi connectivity index (χ1n) is 7.55. The molecule has 0 unspecified atom stereocenters. The minimum Gasteiger partial charge on any atom is -0.409 e. The van der Waals surface area contributed by atoms with Gasteiger partial charge in [0.2, 0.25) is 0 Å². The van der Waals surface area contributed by atoms with Crippen LogP contribution in [0.3, 0.4) is 0 Å². The Kier molecular flexibility index (Phi) is 5.95. The Morgan fingerprint density at radius 1 is 1.52 bits per heavy atom. The minimum absolute atomic E-state index is 0.0514. The van der Waals surface area contributed by atoms with Crippen molar-refractivity contribution < 1.29 is 5.21 Å². The predicted molar refractivity (Wildman–Crippen MR) is 83.3 cm³/mol. The molecular weight excluding hydrogens is 266 g/mol. The Morgan fingerprint density at radius 2 is 2.29 bits per heavy atom. The summed E-state index contributed by atoms with van der Waals surface area (Å²) in [6, 6.07) is 4.54. The van der Waals surface area contributed by atoms with Crippen LogP contribution in [-0.4, -0.2) is 47.1 Å². The molecule has 6 heteroatoms. The van der Waals surface area contributed by atoms with Gasteiger partial charge in [-0.2, -0.15) is 0 Å². The third-order valence-electron chi connectivity index (χ3n) is 4.15. The number of amidine groups is 1. The molecule has 2 rings (SSSR count). The molecule has 1 aromatic heterocycles. The van der Waals surface area contributed by atoms with Gasteiger partial charge in [0.1, 0.15) is 5.69 Å². The first-order chi connectivity index (χ1) is 10.2. The second-order valence-corrected chi connectivity index (χ2v) is 5.59. The maximum absolute atomic E-state index is 8.77. The highest BCUT2D eigenvalue weighted by molar-refractivity contribution is 5.96. The maximum Gasteiger partial charge on any atom is 0.189 e. The second-order valence-electron chi connectivity index (χ2n) is 5.59. The third kappa shape index (κ3) is 4.41. The van der Waals surface area contributed by atoms with E-state index in [-0.39, 0.29) is 5.84 Å². The van der Waals surface area contributed by atoms with E-state index in [4.69, 9.17) is 10.9 Å². The van der Waals surface area contributed by atoms with Crippen molar-refractivity contribution in [3.63, 3.8) is 0 Å². The number of nitrogens with zero attached hydrogens (tertiary/aromatic N) is 3. The van der Waals surface area contributed by atoms with Crippen LogP contribution in [0.5, 0.6) is 0 Å². The Labute approximate surface area is 126 Å². The molecule has 4 N–H and O–H groups in total. The summed E-state index contributed by atoms with van der Waals surface area (Å²) < 4.78 is 0. The summed E-state index contributed by atoms with van der Waals surface area (Å²) in [6.07, 6.45) is 7.02. The van der Waals surface area contributed by atoms with Gasteiger partial charge in [0, 0.05) is 31.9 Å². The van der Waals surface area contributed by atoms with Crippen molar-refractivity contribution in [3.8, 4) is 0 Å². The van der Waals surface area contributed by atoms with E-state index in [1.165, 1.54) is 25.7 Å². The fourth-order valence-electron chi connectivity index (χ4n) is 2.87. The van der Waals surface area contributed by atoms with Crippen LogP contribution >= 0.6 is 0 Å². The topological polar surface area (TPSA) is 86.8 Å². The van der Waals surface area contributed by atoms with Gasteiger partial charge in [-0.1, -0.05) is 24.1 Å². The number of nitrogens with one attached hydrogen (secondary N) is 1. The van der Waals surface area contributed by atoms with Crippen LogP contribution in [0.1, 0.15) is 36.9 Å². The van der Waals surface area contributed by atoms with Crippen molar-refractivity contribution in [1.29, 1.82) is 0 Å². The molecule has 0 amide bonds. The van der Waals surface area contributed by atoms with Crippen LogP contribution in [0.4, 0.5) is 0 Å². The van der Waals surface area contributed by atoms with Crippen LogP contribution in [0, 0.1) is 0 Å². The Morgan fingerprint density at radius 3 is 3.00 bits per heavy atom. The average Bonchev–Trinajstić information content (AvgIpc) is 3.05. The zero-order chi connectivity index (χ0) is 15.1. The largest absolute Gasteiger partial charge is 0.409 e. The van der Waals surface area contributed by atoms with E-state index in [1.807, 2.05) is 12.1 Å². The summed E-state index contributed by atoms with van der Waals surface area (Å²) >= 11 is 0. The summed E-state index contributed by atoms with van der Waals surface area (Å²) in [5.41, 5.74) is 7.11. The first-order valence-corrected chi connectivity index (χ1v) is 7.55. The van der Waals surface area contributed by atoms with Crippen LogP contribution in [0.2, 0.25) is 0 Å². The Hall–Kier alpha value is -1.66. The van der Waals surface area contributed by atoms with Crippen molar-refractivity contribution in [2.24, 2.45) is 10.9 Å². The smallest absolute Gasteiger partial charge is 0.189 e. The molecule has 0 aliphatic heterocycles. The van der Waals surface area contributed by atoms with Gasteiger partial charge < -0.3 is 21.2 Å². The number of nitrogens with two attached hydrogens (primary N) is 1. The second kappa shape index (κ2) is 7.95. The first kappa shape index (κ1) is 15.7. The van der Waals surface area contributed by atoms with Gasteiger partial charge >= 0.3 is 0 Å². The van der Waals surface area contributed by atoms with E-state index in [0.717, 1.165) is 24.7 Å². The lowest BCUT2D eigenvalue weighted by atomic mass is 10.2. The zero-order valence-electron chi connectivity index (χ0n) is 12.6. The van der Waals surface area contributed by atoms with E-state index < -0.39 is 0 Å². The summed E-state index contributed by atoms with van der Waals surface area (Å²) in [5, 5.41) is 15.2. The molecule has 1 saturated carbocycles. The fourth-order valence-corrected chi connectivity index (χ4v) is 2.87. The molecule has 1 aliphatic carbocycles. The molecule has 1 fully saturated rings. The number of hydrogen-bond acceptors (Lipinski definition) is 5. The maximum atomic E-state index is 8.77. The van der Waals surface area contributed by atoms with E-state index in [9.17, 15) is 0 Å². The average molecular weight is 291 g/mol. The SMILES string of the molecule is CN(CCNCc1cccnc1C(N)=NO)C1CCCC1. The standard InChI is InChI=1S/C15H25N5O/c1-20(13-6-2-3-7-13)10-9-17-11-12-5-4-8-18-14(12)15(16)19-21/h4-5,8,13,17,21H,2-3,6-7,9-11H2,1H3,(H2,16,19). The van der Waals surface area contributed by atoms with Crippen LogP contribution in [0.15, 0.2) is 23.5 Å². The number of aromatic nitrogens is 1. The van der Waals surface area contributed by atoms with Crippen molar-refractivity contribution in [2.45, 2.75) is 38.3 Å². The fraction of sp³-hybridized carbons (Fsp3) is 0.600. The van der Waals surface area contributed by atoms with Crippen molar-refractivity contribution in [2.75, 3.05) is 20.1 Å². The lowest BCUT2D eigenvalue weighted by molar-refractivity contribution is 0.245. The van der Waals surface area contributed by atoms with Crippen molar-refractivity contribution in [3.05, 3.63) is 29.6 Å². The lowest BCUT2D eigenvalue weighted by Crippen LogP contribution is -2.35. The summed E-state index contributed by atoms with van der Waals surface area (Å²) in [5.74, 6) is 0.0514. The normalized spacial score (nSPS) is 16.8. The predicted octanol–water partition coefficient (Wildman–Crippen LogP) is 1.14. The molecule has 6 nitrogen and oxygen atoms in total. The molecule has 0 aromatic carbocycles. The zero-order valence-corrected chi connectivity index (χ0v) is 12.6. The number of oxime groups is 1. The van der Waals surface area contributed by atoms with Gasteiger partial charge in [0.15, 0.2) is 5.84 Å². The molecule has 21 heavy (non-hydrogen) atoms. The minimum atomic E-state index is 0.0514. The summed E-state index contributed by atoms with van der Waals surface area (Å²) in [6.45, 7) is 2.61. The highest BCUT2D eigenvalue weighted by Gasteiger charge is 2.18. The van der Waals surface area contributed by atoms with Crippen molar-refractivity contribution >= 4 is 5.84 Å². The molecule has 1 aromatic rings. The highest BCUT2D eigenvalue weighted by Crippen LogP contribution is 2.21. The van der Waals surface area contributed by atoms with Gasteiger partial charge in [0.25, 0.3) is 0 Å². The van der Waals surface area contributed by atoms with Crippen molar-refractivity contribution in [1.82, 2.24) is 15.2 Å². The Bertz CT molecular complexity index is 471. The molecule has 0 saturated heterocycles. The van der Waals surface area contributed by atoms with Gasteiger partial charge in [-0.25, -0.2) is 0 Å². The Balaban J connectivity index is 1.78. The number of hydrogen-bond donors (Lipinski definition) is 3. The number of likely N-dealkylation sites (N-methyl/N-ethyl adjacent to an activating group) is 1. The number of pyridine rings is 1.